The lowest BCUT2D eigenvalue weighted by Gasteiger charge is -2.19. The van der Waals surface area contributed by atoms with Crippen molar-refractivity contribution in [2.45, 2.75) is 6.54 Å². The molecule has 0 aromatic carbocycles. The topological polar surface area (TPSA) is 71.2 Å². The SMILES string of the molecule is C=CCN(CC=C)Cc1ncccc1C(=O)NN. The fourth-order valence-electron chi connectivity index (χ4n) is 1.63. The van der Waals surface area contributed by atoms with Crippen LogP contribution in [0.25, 0.3) is 0 Å². The number of rotatable bonds is 7. The molecule has 0 spiro atoms. The molecule has 0 saturated heterocycles. The summed E-state index contributed by atoms with van der Waals surface area (Å²) in [6.07, 6.45) is 5.26. The van der Waals surface area contributed by atoms with Gasteiger partial charge in [-0.05, 0) is 12.1 Å². The smallest absolute Gasteiger partial charge is 0.267 e. The third-order valence-corrected chi connectivity index (χ3v) is 2.41. The molecule has 0 saturated carbocycles. The number of hydrogen-bond acceptors (Lipinski definition) is 4. The fourth-order valence-corrected chi connectivity index (χ4v) is 1.63. The quantitative estimate of drug-likeness (QED) is 0.324. The first-order chi connectivity index (χ1) is 8.72. The average molecular weight is 246 g/mol. The second kappa shape index (κ2) is 7.37. The van der Waals surface area contributed by atoms with Gasteiger partial charge in [0, 0.05) is 25.8 Å². The molecule has 0 aliphatic rings. The van der Waals surface area contributed by atoms with E-state index in [4.69, 9.17) is 5.84 Å². The Labute approximate surface area is 107 Å². The van der Waals surface area contributed by atoms with E-state index in [-0.39, 0.29) is 5.91 Å². The molecule has 0 bridgehead atoms. The Morgan fingerprint density at radius 3 is 2.67 bits per heavy atom. The minimum atomic E-state index is -0.338. The molecule has 0 aliphatic heterocycles. The van der Waals surface area contributed by atoms with Gasteiger partial charge in [0.1, 0.15) is 0 Å². The zero-order chi connectivity index (χ0) is 13.4. The number of pyridine rings is 1. The Bertz CT molecular complexity index is 421. The minimum absolute atomic E-state index is 0.338. The molecule has 0 fully saturated rings. The van der Waals surface area contributed by atoms with Crippen LogP contribution in [0.3, 0.4) is 0 Å². The zero-order valence-electron chi connectivity index (χ0n) is 10.3. The summed E-state index contributed by atoms with van der Waals surface area (Å²) in [4.78, 5) is 17.9. The lowest BCUT2D eigenvalue weighted by Crippen LogP contribution is -2.32. The lowest BCUT2D eigenvalue weighted by molar-refractivity contribution is 0.0951. The van der Waals surface area contributed by atoms with Crippen molar-refractivity contribution < 1.29 is 4.79 Å². The molecule has 0 unspecified atom stereocenters. The number of nitrogen functional groups attached to an aromatic ring is 1. The number of aromatic nitrogens is 1. The Kier molecular flexibility index (Phi) is 5.76. The van der Waals surface area contributed by atoms with Crippen LogP contribution in [-0.2, 0) is 6.54 Å². The summed E-state index contributed by atoms with van der Waals surface area (Å²) < 4.78 is 0. The average Bonchev–Trinajstić information content (AvgIpc) is 2.39. The highest BCUT2D eigenvalue weighted by molar-refractivity contribution is 5.94. The van der Waals surface area contributed by atoms with Crippen LogP contribution in [0.1, 0.15) is 16.1 Å². The summed E-state index contributed by atoms with van der Waals surface area (Å²) >= 11 is 0. The van der Waals surface area contributed by atoms with Gasteiger partial charge in [0.15, 0.2) is 0 Å². The first-order valence-electron chi connectivity index (χ1n) is 5.62. The second-order valence-corrected chi connectivity index (χ2v) is 3.74. The van der Waals surface area contributed by atoms with Crippen LogP contribution in [0.4, 0.5) is 0 Å². The van der Waals surface area contributed by atoms with Crippen molar-refractivity contribution >= 4 is 5.91 Å². The van der Waals surface area contributed by atoms with E-state index in [1.54, 1.807) is 30.5 Å². The van der Waals surface area contributed by atoms with Crippen molar-refractivity contribution in [3.05, 3.63) is 54.9 Å². The number of carbonyl (C=O) groups is 1. The summed E-state index contributed by atoms with van der Waals surface area (Å²) in [5.74, 6) is 4.81. The van der Waals surface area contributed by atoms with E-state index < -0.39 is 0 Å². The van der Waals surface area contributed by atoms with Crippen molar-refractivity contribution in [3.8, 4) is 0 Å². The van der Waals surface area contributed by atoms with Gasteiger partial charge >= 0.3 is 0 Å². The Morgan fingerprint density at radius 1 is 1.44 bits per heavy atom. The molecule has 3 N–H and O–H groups in total. The maximum absolute atomic E-state index is 11.6. The molecule has 18 heavy (non-hydrogen) atoms. The lowest BCUT2D eigenvalue weighted by atomic mass is 10.1. The van der Waals surface area contributed by atoms with Gasteiger partial charge < -0.3 is 0 Å². The molecule has 0 aliphatic carbocycles. The molecule has 5 nitrogen and oxygen atoms in total. The largest absolute Gasteiger partial charge is 0.290 e. The highest BCUT2D eigenvalue weighted by atomic mass is 16.2. The third kappa shape index (κ3) is 3.80. The molecular weight excluding hydrogens is 228 g/mol. The molecule has 0 radical (unpaired) electrons. The molecule has 96 valence electrons. The Balaban J connectivity index is 2.90. The highest BCUT2D eigenvalue weighted by Crippen LogP contribution is 2.08. The van der Waals surface area contributed by atoms with Crippen molar-refractivity contribution in [1.29, 1.82) is 0 Å². The van der Waals surface area contributed by atoms with E-state index in [0.29, 0.717) is 30.9 Å². The molecule has 1 amide bonds. The van der Waals surface area contributed by atoms with Crippen LogP contribution in [0, 0.1) is 0 Å². The second-order valence-electron chi connectivity index (χ2n) is 3.74. The zero-order valence-corrected chi connectivity index (χ0v) is 10.3. The molecule has 1 aromatic heterocycles. The molecule has 1 rings (SSSR count). The number of hydrogen-bond donors (Lipinski definition) is 2. The van der Waals surface area contributed by atoms with Gasteiger partial charge in [0.05, 0.1) is 11.3 Å². The van der Waals surface area contributed by atoms with Crippen LogP contribution in [0.2, 0.25) is 0 Å². The van der Waals surface area contributed by atoms with Crippen molar-refractivity contribution in [1.82, 2.24) is 15.3 Å². The normalized spacial score (nSPS) is 10.1. The third-order valence-electron chi connectivity index (χ3n) is 2.41. The molecule has 0 atom stereocenters. The van der Waals surface area contributed by atoms with Gasteiger partial charge in [-0.3, -0.25) is 20.1 Å². The molecule has 1 heterocycles. The van der Waals surface area contributed by atoms with Gasteiger partial charge in [-0.1, -0.05) is 12.2 Å². The number of nitrogens with two attached hydrogens (primary N) is 1. The number of nitrogens with one attached hydrogen (secondary N) is 1. The summed E-state index contributed by atoms with van der Waals surface area (Å²) in [5, 5.41) is 0. The molecule has 1 aromatic rings. The van der Waals surface area contributed by atoms with Crippen molar-refractivity contribution in [2.24, 2.45) is 5.84 Å². The molecule has 5 heteroatoms. The van der Waals surface area contributed by atoms with E-state index >= 15 is 0 Å². The van der Waals surface area contributed by atoms with E-state index in [2.05, 4.69) is 28.5 Å². The van der Waals surface area contributed by atoms with Gasteiger partial charge in [-0.2, -0.15) is 0 Å². The van der Waals surface area contributed by atoms with Crippen LogP contribution >= 0.6 is 0 Å². The van der Waals surface area contributed by atoms with Crippen LogP contribution in [0.15, 0.2) is 43.6 Å². The van der Waals surface area contributed by atoms with Gasteiger partial charge in [0.2, 0.25) is 0 Å². The summed E-state index contributed by atoms with van der Waals surface area (Å²) in [6.45, 7) is 9.35. The first-order valence-corrected chi connectivity index (χ1v) is 5.62. The van der Waals surface area contributed by atoms with E-state index in [0.717, 1.165) is 0 Å². The Hall–Kier alpha value is -1.98. The summed E-state index contributed by atoms with van der Waals surface area (Å²) in [6, 6.07) is 3.41. The van der Waals surface area contributed by atoms with Gasteiger partial charge in [0.25, 0.3) is 5.91 Å². The maximum atomic E-state index is 11.6. The van der Waals surface area contributed by atoms with E-state index in [9.17, 15) is 4.79 Å². The number of nitrogens with zero attached hydrogens (tertiary/aromatic N) is 2. The predicted octanol–water partition coefficient (Wildman–Crippen LogP) is 0.859. The van der Waals surface area contributed by atoms with E-state index in [1.807, 2.05) is 0 Å². The van der Waals surface area contributed by atoms with Crippen LogP contribution in [0.5, 0.6) is 0 Å². The Morgan fingerprint density at radius 2 is 2.11 bits per heavy atom. The monoisotopic (exact) mass is 246 g/mol. The van der Waals surface area contributed by atoms with E-state index in [1.165, 1.54) is 0 Å². The first kappa shape index (κ1) is 14.1. The summed E-state index contributed by atoms with van der Waals surface area (Å²) in [7, 11) is 0. The predicted molar refractivity (Wildman–Crippen MR) is 71.6 cm³/mol. The fraction of sp³-hybridized carbons (Fsp3) is 0.231. The number of hydrazine groups is 1. The van der Waals surface area contributed by atoms with Crippen molar-refractivity contribution in [3.63, 3.8) is 0 Å². The highest BCUT2D eigenvalue weighted by Gasteiger charge is 2.13. The standard InChI is InChI=1S/C13H18N4O/c1-3-8-17(9-4-2)10-12-11(13(18)16-14)6-5-7-15-12/h3-7H,1-2,8-10,14H2,(H,16,18). The van der Waals surface area contributed by atoms with Crippen LogP contribution < -0.4 is 11.3 Å². The van der Waals surface area contributed by atoms with Crippen LogP contribution in [-0.4, -0.2) is 28.9 Å². The maximum Gasteiger partial charge on any atom is 0.267 e. The minimum Gasteiger partial charge on any atom is -0.290 e. The summed E-state index contributed by atoms with van der Waals surface area (Å²) in [5.41, 5.74) is 3.29. The van der Waals surface area contributed by atoms with Gasteiger partial charge in [-0.25, -0.2) is 5.84 Å². The van der Waals surface area contributed by atoms with Gasteiger partial charge in [-0.15, -0.1) is 13.2 Å². The number of carbonyl (C=O) groups excluding carboxylic acids is 1. The molecular formula is C13H18N4O. The van der Waals surface area contributed by atoms with Crippen molar-refractivity contribution in [2.75, 3.05) is 13.1 Å². The number of amides is 1.